The van der Waals surface area contributed by atoms with Gasteiger partial charge in [-0.15, -0.1) is 0 Å². The van der Waals surface area contributed by atoms with Gasteiger partial charge in [-0.2, -0.15) is 0 Å². The SMILES string of the molecule is CC(C)CCn1c(CCCO)nc2cc(F)ccc21. The van der Waals surface area contributed by atoms with E-state index >= 15 is 0 Å². The Labute approximate surface area is 113 Å². The van der Waals surface area contributed by atoms with E-state index in [9.17, 15) is 4.39 Å². The number of halogens is 1. The first-order valence-corrected chi connectivity index (χ1v) is 6.87. The summed E-state index contributed by atoms with van der Waals surface area (Å²) in [5.41, 5.74) is 1.69. The molecule has 0 atom stereocenters. The van der Waals surface area contributed by atoms with E-state index in [1.807, 2.05) is 0 Å². The normalized spacial score (nSPS) is 11.6. The molecule has 19 heavy (non-hydrogen) atoms. The standard InChI is InChI=1S/C15H21FN2O/c1-11(2)7-8-18-14-6-5-12(16)10-13(14)17-15(18)4-3-9-19/h5-6,10-11,19H,3-4,7-9H2,1-2H3. The molecule has 0 saturated heterocycles. The average molecular weight is 264 g/mol. The van der Waals surface area contributed by atoms with E-state index in [0.717, 1.165) is 30.7 Å². The van der Waals surface area contributed by atoms with Crippen LogP contribution in [-0.4, -0.2) is 21.3 Å². The summed E-state index contributed by atoms with van der Waals surface area (Å²) in [6.07, 6.45) is 2.48. The highest BCUT2D eigenvalue weighted by molar-refractivity contribution is 5.76. The number of aliphatic hydroxyl groups is 1. The molecular weight excluding hydrogens is 243 g/mol. The Morgan fingerprint density at radius 3 is 2.84 bits per heavy atom. The van der Waals surface area contributed by atoms with Crippen molar-refractivity contribution in [1.29, 1.82) is 0 Å². The molecule has 1 heterocycles. The third-order valence-electron chi connectivity index (χ3n) is 3.28. The van der Waals surface area contributed by atoms with Crippen LogP contribution in [0.1, 0.15) is 32.5 Å². The first kappa shape index (κ1) is 14.0. The van der Waals surface area contributed by atoms with Gasteiger partial charge in [0.2, 0.25) is 0 Å². The molecule has 0 aliphatic rings. The van der Waals surface area contributed by atoms with Crippen LogP contribution in [0.3, 0.4) is 0 Å². The van der Waals surface area contributed by atoms with E-state index in [0.29, 0.717) is 17.9 Å². The number of hydrogen-bond acceptors (Lipinski definition) is 2. The number of aromatic nitrogens is 2. The third kappa shape index (κ3) is 3.32. The van der Waals surface area contributed by atoms with Gasteiger partial charge in [0, 0.05) is 25.6 Å². The number of aliphatic hydroxyl groups excluding tert-OH is 1. The van der Waals surface area contributed by atoms with Gasteiger partial charge >= 0.3 is 0 Å². The van der Waals surface area contributed by atoms with Crippen LogP contribution in [0.5, 0.6) is 0 Å². The number of rotatable bonds is 6. The molecule has 1 N–H and O–H groups in total. The van der Waals surface area contributed by atoms with Crippen LogP contribution in [-0.2, 0) is 13.0 Å². The Kier molecular flexibility index (Phi) is 4.53. The highest BCUT2D eigenvalue weighted by Gasteiger charge is 2.11. The van der Waals surface area contributed by atoms with Crippen LogP contribution >= 0.6 is 0 Å². The number of benzene rings is 1. The summed E-state index contributed by atoms with van der Waals surface area (Å²) >= 11 is 0. The fourth-order valence-electron chi connectivity index (χ4n) is 2.22. The molecule has 2 rings (SSSR count). The minimum absolute atomic E-state index is 0.155. The monoisotopic (exact) mass is 264 g/mol. The van der Waals surface area contributed by atoms with Gasteiger partial charge in [0.1, 0.15) is 11.6 Å². The van der Waals surface area contributed by atoms with Crippen LogP contribution in [0, 0.1) is 11.7 Å². The fourth-order valence-corrected chi connectivity index (χ4v) is 2.22. The van der Waals surface area contributed by atoms with Crippen molar-refractivity contribution < 1.29 is 9.50 Å². The lowest BCUT2D eigenvalue weighted by Gasteiger charge is -2.10. The Morgan fingerprint density at radius 1 is 1.37 bits per heavy atom. The highest BCUT2D eigenvalue weighted by atomic mass is 19.1. The molecule has 1 aromatic carbocycles. The van der Waals surface area contributed by atoms with Crippen molar-refractivity contribution in [3.63, 3.8) is 0 Å². The first-order valence-electron chi connectivity index (χ1n) is 6.87. The Hall–Kier alpha value is -1.42. The maximum atomic E-state index is 13.3. The molecule has 4 heteroatoms. The maximum absolute atomic E-state index is 13.3. The Bertz CT molecular complexity index is 548. The molecule has 0 fully saturated rings. The average Bonchev–Trinajstić information content (AvgIpc) is 2.70. The molecule has 0 bridgehead atoms. The van der Waals surface area contributed by atoms with E-state index in [1.54, 1.807) is 6.07 Å². The summed E-state index contributed by atoms with van der Waals surface area (Å²) in [6, 6.07) is 4.75. The van der Waals surface area contributed by atoms with Crippen molar-refractivity contribution in [3.05, 3.63) is 29.8 Å². The summed E-state index contributed by atoms with van der Waals surface area (Å²) < 4.78 is 15.4. The van der Waals surface area contributed by atoms with Crippen molar-refractivity contribution in [1.82, 2.24) is 9.55 Å². The van der Waals surface area contributed by atoms with E-state index in [4.69, 9.17) is 5.11 Å². The second-order valence-corrected chi connectivity index (χ2v) is 5.32. The van der Waals surface area contributed by atoms with Crippen molar-refractivity contribution in [3.8, 4) is 0 Å². The predicted octanol–water partition coefficient (Wildman–Crippen LogP) is 3.15. The molecule has 2 aromatic rings. The summed E-state index contributed by atoms with van der Waals surface area (Å²) in [5, 5.41) is 8.96. The van der Waals surface area contributed by atoms with Crippen LogP contribution in [0.15, 0.2) is 18.2 Å². The van der Waals surface area contributed by atoms with Gasteiger partial charge in [0.05, 0.1) is 11.0 Å². The Morgan fingerprint density at radius 2 is 2.16 bits per heavy atom. The van der Waals surface area contributed by atoms with Gasteiger partial charge < -0.3 is 9.67 Å². The number of nitrogens with zero attached hydrogens (tertiary/aromatic N) is 2. The molecule has 0 aliphatic heterocycles. The Balaban J connectivity index is 2.36. The van der Waals surface area contributed by atoms with Gasteiger partial charge in [-0.1, -0.05) is 13.8 Å². The minimum Gasteiger partial charge on any atom is -0.396 e. The van der Waals surface area contributed by atoms with E-state index in [2.05, 4.69) is 23.4 Å². The summed E-state index contributed by atoms with van der Waals surface area (Å²) in [6.45, 7) is 5.42. The van der Waals surface area contributed by atoms with Crippen molar-refractivity contribution in [2.45, 2.75) is 39.7 Å². The van der Waals surface area contributed by atoms with E-state index in [1.165, 1.54) is 12.1 Å². The van der Waals surface area contributed by atoms with Crippen molar-refractivity contribution in [2.24, 2.45) is 5.92 Å². The molecule has 1 aromatic heterocycles. The van der Waals surface area contributed by atoms with Crippen molar-refractivity contribution >= 4 is 11.0 Å². The molecule has 3 nitrogen and oxygen atoms in total. The lowest BCUT2D eigenvalue weighted by molar-refractivity contribution is 0.286. The molecular formula is C15H21FN2O. The van der Waals surface area contributed by atoms with Crippen LogP contribution in [0.2, 0.25) is 0 Å². The maximum Gasteiger partial charge on any atom is 0.125 e. The fraction of sp³-hybridized carbons (Fsp3) is 0.533. The molecule has 104 valence electrons. The zero-order valence-corrected chi connectivity index (χ0v) is 11.6. The van der Waals surface area contributed by atoms with Crippen molar-refractivity contribution in [2.75, 3.05) is 6.61 Å². The summed E-state index contributed by atoms with van der Waals surface area (Å²) in [4.78, 5) is 4.50. The number of hydrogen-bond donors (Lipinski definition) is 1. The first-order chi connectivity index (χ1) is 9.11. The smallest absolute Gasteiger partial charge is 0.125 e. The zero-order chi connectivity index (χ0) is 13.8. The second kappa shape index (κ2) is 6.15. The number of imidazole rings is 1. The van der Waals surface area contributed by atoms with E-state index < -0.39 is 0 Å². The van der Waals surface area contributed by atoms with Crippen LogP contribution in [0.25, 0.3) is 11.0 Å². The van der Waals surface area contributed by atoms with Crippen LogP contribution < -0.4 is 0 Å². The van der Waals surface area contributed by atoms with Gasteiger partial charge in [-0.25, -0.2) is 9.37 Å². The molecule has 0 spiro atoms. The number of aryl methyl sites for hydroxylation is 2. The zero-order valence-electron chi connectivity index (χ0n) is 11.6. The molecule has 0 radical (unpaired) electrons. The predicted molar refractivity (Wildman–Crippen MR) is 74.6 cm³/mol. The molecule has 0 aliphatic carbocycles. The molecule has 0 saturated carbocycles. The summed E-state index contributed by atoms with van der Waals surface area (Å²) in [7, 11) is 0. The topological polar surface area (TPSA) is 38.0 Å². The summed E-state index contributed by atoms with van der Waals surface area (Å²) in [5.74, 6) is 1.30. The molecule has 0 unspecified atom stereocenters. The quantitative estimate of drug-likeness (QED) is 0.870. The molecule has 0 amide bonds. The largest absolute Gasteiger partial charge is 0.396 e. The van der Waals surface area contributed by atoms with Gasteiger partial charge in [-0.3, -0.25) is 0 Å². The second-order valence-electron chi connectivity index (χ2n) is 5.32. The minimum atomic E-state index is -0.255. The van der Waals surface area contributed by atoms with E-state index in [-0.39, 0.29) is 12.4 Å². The lowest BCUT2D eigenvalue weighted by Crippen LogP contribution is -2.07. The van der Waals surface area contributed by atoms with Gasteiger partial charge in [0.25, 0.3) is 0 Å². The van der Waals surface area contributed by atoms with Gasteiger partial charge in [0.15, 0.2) is 0 Å². The third-order valence-corrected chi connectivity index (χ3v) is 3.28. The highest BCUT2D eigenvalue weighted by Crippen LogP contribution is 2.20. The number of fused-ring (bicyclic) bond motifs is 1. The van der Waals surface area contributed by atoms with Crippen LogP contribution in [0.4, 0.5) is 4.39 Å². The van der Waals surface area contributed by atoms with Gasteiger partial charge in [-0.05, 0) is 30.9 Å². The lowest BCUT2D eigenvalue weighted by atomic mass is 10.1.